The fraction of sp³-hybridized carbons (Fsp3) is 0.333. The van der Waals surface area contributed by atoms with Gasteiger partial charge in [0.2, 0.25) is 5.95 Å². The molecule has 1 fully saturated rings. The van der Waals surface area contributed by atoms with Crippen molar-refractivity contribution in [1.82, 2.24) is 24.9 Å². The third-order valence-electron chi connectivity index (χ3n) is 4.36. The Hall–Kier alpha value is -2.90. The van der Waals surface area contributed by atoms with Gasteiger partial charge in [-0.15, -0.1) is 0 Å². The first-order valence-electron chi connectivity index (χ1n) is 7.57. The predicted molar refractivity (Wildman–Crippen MR) is 89.4 cm³/mol. The summed E-state index contributed by atoms with van der Waals surface area (Å²) in [6.45, 7) is 1.84. The zero-order valence-corrected chi connectivity index (χ0v) is 12.8. The summed E-state index contributed by atoms with van der Waals surface area (Å²) in [5.41, 5.74) is 6.55. The van der Waals surface area contributed by atoms with E-state index >= 15 is 0 Å². The molecule has 23 heavy (non-hydrogen) atoms. The second-order valence-electron chi connectivity index (χ2n) is 5.71. The van der Waals surface area contributed by atoms with Gasteiger partial charge in [-0.2, -0.15) is 4.98 Å². The Morgan fingerprint density at radius 2 is 2.22 bits per heavy atom. The monoisotopic (exact) mass is 310 g/mol. The Kier molecular flexibility index (Phi) is 3.22. The number of nitrogens with two attached hydrogens (primary N) is 1. The maximum atomic E-state index is 5.68. The molecule has 1 atom stereocenters. The summed E-state index contributed by atoms with van der Waals surface area (Å²) in [7, 11) is 2.04. The lowest BCUT2D eigenvalue weighted by molar-refractivity contribution is 0.684. The molecule has 1 aliphatic heterocycles. The molecule has 0 saturated carbocycles. The van der Waals surface area contributed by atoms with Crippen molar-refractivity contribution in [2.45, 2.75) is 12.5 Å². The van der Waals surface area contributed by atoms with E-state index in [1.165, 1.54) is 0 Å². The Balaban J connectivity index is 1.56. The minimum Gasteiger partial charge on any atom is -0.368 e. The van der Waals surface area contributed by atoms with Crippen LogP contribution in [-0.2, 0) is 0 Å². The number of aromatic amines is 1. The highest BCUT2D eigenvalue weighted by Crippen LogP contribution is 2.27. The lowest BCUT2D eigenvalue weighted by atomic mass is 10.2. The number of likely N-dealkylation sites (N-methyl/N-ethyl adjacent to an activating group) is 1. The van der Waals surface area contributed by atoms with E-state index in [0.29, 0.717) is 12.0 Å². The molecule has 118 valence electrons. The molecule has 0 unspecified atom stereocenters. The Morgan fingerprint density at radius 1 is 1.30 bits per heavy atom. The predicted octanol–water partition coefficient (Wildman–Crippen LogP) is 1.05. The molecule has 0 aromatic carbocycles. The molecular weight excluding hydrogens is 292 g/mol. The van der Waals surface area contributed by atoms with Crippen LogP contribution in [0.3, 0.4) is 0 Å². The number of aromatic nitrogens is 5. The van der Waals surface area contributed by atoms with Gasteiger partial charge in [-0.05, 0) is 18.6 Å². The van der Waals surface area contributed by atoms with Gasteiger partial charge in [-0.1, -0.05) is 0 Å². The molecule has 4 rings (SSSR count). The van der Waals surface area contributed by atoms with Crippen molar-refractivity contribution >= 4 is 28.6 Å². The van der Waals surface area contributed by atoms with Crippen LogP contribution in [0.4, 0.5) is 17.6 Å². The summed E-state index contributed by atoms with van der Waals surface area (Å²) >= 11 is 0. The largest absolute Gasteiger partial charge is 0.368 e. The van der Waals surface area contributed by atoms with Gasteiger partial charge in [0.15, 0.2) is 0 Å². The molecule has 0 spiro atoms. The fourth-order valence-corrected chi connectivity index (χ4v) is 3.11. The number of rotatable bonds is 3. The normalized spacial score (nSPS) is 17.8. The summed E-state index contributed by atoms with van der Waals surface area (Å²) in [6.07, 6.45) is 6.23. The molecule has 8 heteroatoms. The van der Waals surface area contributed by atoms with Crippen LogP contribution in [-0.4, -0.2) is 51.1 Å². The molecule has 0 radical (unpaired) electrons. The van der Waals surface area contributed by atoms with E-state index in [2.05, 4.69) is 34.7 Å². The molecule has 3 N–H and O–H groups in total. The number of nitrogens with one attached hydrogen (secondary N) is 1. The quantitative estimate of drug-likeness (QED) is 0.745. The number of nitrogen functional groups attached to an aromatic ring is 1. The van der Waals surface area contributed by atoms with E-state index in [-0.39, 0.29) is 0 Å². The molecule has 0 aliphatic carbocycles. The first kappa shape index (κ1) is 13.7. The van der Waals surface area contributed by atoms with E-state index < -0.39 is 0 Å². The van der Waals surface area contributed by atoms with Gasteiger partial charge in [-0.3, -0.25) is 0 Å². The van der Waals surface area contributed by atoms with E-state index in [4.69, 9.17) is 5.73 Å². The summed E-state index contributed by atoms with van der Waals surface area (Å²) in [5.74, 6) is 2.13. The summed E-state index contributed by atoms with van der Waals surface area (Å²) in [4.78, 5) is 24.6. The summed E-state index contributed by atoms with van der Waals surface area (Å²) in [6, 6.07) is 4.26. The van der Waals surface area contributed by atoms with Crippen LogP contribution in [0.1, 0.15) is 6.42 Å². The zero-order valence-electron chi connectivity index (χ0n) is 12.8. The maximum absolute atomic E-state index is 5.68. The van der Waals surface area contributed by atoms with Crippen molar-refractivity contribution in [2.24, 2.45) is 0 Å². The average Bonchev–Trinajstić information content (AvgIpc) is 3.23. The maximum Gasteiger partial charge on any atom is 0.221 e. The Morgan fingerprint density at radius 3 is 3.09 bits per heavy atom. The van der Waals surface area contributed by atoms with Crippen LogP contribution in [0.2, 0.25) is 0 Å². The first-order valence-corrected chi connectivity index (χ1v) is 7.57. The van der Waals surface area contributed by atoms with Crippen LogP contribution in [0.15, 0.2) is 30.9 Å². The number of anilines is 3. The minimum absolute atomic E-state index is 0.300. The zero-order chi connectivity index (χ0) is 15.8. The van der Waals surface area contributed by atoms with Crippen molar-refractivity contribution < 1.29 is 0 Å². The van der Waals surface area contributed by atoms with Crippen LogP contribution in [0, 0.1) is 0 Å². The first-order chi connectivity index (χ1) is 11.2. The van der Waals surface area contributed by atoms with Gasteiger partial charge in [0.25, 0.3) is 0 Å². The lowest BCUT2D eigenvalue weighted by Crippen LogP contribution is -2.35. The molecular formula is C15H18N8. The van der Waals surface area contributed by atoms with Gasteiger partial charge in [0, 0.05) is 38.6 Å². The van der Waals surface area contributed by atoms with Crippen molar-refractivity contribution in [2.75, 3.05) is 35.7 Å². The Labute approximate surface area is 133 Å². The molecule has 1 saturated heterocycles. The van der Waals surface area contributed by atoms with Crippen LogP contribution in [0.25, 0.3) is 11.0 Å². The van der Waals surface area contributed by atoms with Gasteiger partial charge in [0.05, 0.1) is 5.39 Å². The number of H-pyrrole nitrogens is 1. The molecule has 3 aromatic heterocycles. The van der Waals surface area contributed by atoms with E-state index in [9.17, 15) is 0 Å². The number of fused-ring (bicyclic) bond motifs is 1. The topological polar surface area (TPSA) is 99.9 Å². The van der Waals surface area contributed by atoms with Crippen LogP contribution in [0.5, 0.6) is 0 Å². The van der Waals surface area contributed by atoms with Crippen molar-refractivity contribution in [1.29, 1.82) is 0 Å². The molecule has 1 aliphatic rings. The van der Waals surface area contributed by atoms with Gasteiger partial charge in [0.1, 0.15) is 23.6 Å². The molecule has 8 nitrogen and oxygen atoms in total. The SMILES string of the molecule is CN(c1ccnc(N)n1)[C@@H]1CCN(c2ncnc3[nH]ccc23)C1. The van der Waals surface area contributed by atoms with E-state index in [1.54, 1.807) is 12.5 Å². The van der Waals surface area contributed by atoms with Crippen LogP contribution < -0.4 is 15.5 Å². The minimum atomic E-state index is 0.300. The van der Waals surface area contributed by atoms with Crippen molar-refractivity contribution in [3.05, 3.63) is 30.9 Å². The standard InChI is InChI=1S/C15H18N8/c1-22(12-3-6-18-15(16)21-12)10-4-7-23(8-10)14-11-2-5-17-13(11)19-9-20-14/h2-3,5-6,9-10H,4,7-8H2,1H3,(H2,16,18,21)(H,17,19,20)/t10-/m1/s1. The third kappa shape index (κ3) is 2.41. The van der Waals surface area contributed by atoms with E-state index in [0.717, 1.165) is 42.2 Å². The second kappa shape index (κ2) is 5.38. The number of hydrogen-bond donors (Lipinski definition) is 2. The van der Waals surface area contributed by atoms with Gasteiger partial charge >= 0.3 is 0 Å². The smallest absolute Gasteiger partial charge is 0.221 e. The number of nitrogens with zero attached hydrogens (tertiary/aromatic N) is 6. The highest BCUT2D eigenvalue weighted by Gasteiger charge is 2.28. The third-order valence-corrected chi connectivity index (χ3v) is 4.36. The number of hydrogen-bond acceptors (Lipinski definition) is 7. The van der Waals surface area contributed by atoms with E-state index in [1.807, 2.05) is 25.4 Å². The molecule has 0 bridgehead atoms. The molecule has 0 amide bonds. The van der Waals surface area contributed by atoms with Crippen molar-refractivity contribution in [3.8, 4) is 0 Å². The van der Waals surface area contributed by atoms with Gasteiger partial charge < -0.3 is 20.5 Å². The Bertz CT molecular complexity index is 829. The molecule has 3 aromatic rings. The van der Waals surface area contributed by atoms with Crippen LogP contribution >= 0.6 is 0 Å². The second-order valence-corrected chi connectivity index (χ2v) is 5.71. The average molecular weight is 310 g/mol. The lowest BCUT2D eigenvalue weighted by Gasteiger charge is -2.26. The van der Waals surface area contributed by atoms with Gasteiger partial charge in [-0.25, -0.2) is 15.0 Å². The van der Waals surface area contributed by atoms with Crippen molar-refractivity contribution in [3.63, 3.8) is 0 Å². The highest BCUT2D eigenvalue weighted by molar-refractivity contribution is 5.87. The summed E-state index contributed by atoms with van der Waals surface area (Å²) in [5, 5.41) is 1.06. The fourth-order valence-electron chi connectivity index (χ4n) is 3.11. The highest BCUT2D eigenvalue weighted by atomic mass is 15.3. The molecule has 4 heterocycles. The summed E-state index contributed by atoms with van der Waals surface area (Å²) < 4.78 is 0.